The van der Waals surface area contributed by atoms with Gasteiger partial charge in [0.1, 0.15) is 30.5 Å². The maximum absolute atomic E-state index is 12.9. The first-order valence-electron chi connectivity index (χ1n) is 26.7. The number of hydrogen-bond donors (Lipinski definition) is 4. The van der Waals surface area contributed by atoms with E-state index in [0.29, 0.717) is 13.0 Å². The molecule has 1 aliphatic heterocycles. The molecule has 0 amide bonds. The average molecular weight is 927 g/mol. The van der Waals surface area contributed by atoms with Gasteiger partial charge in [-0.3, -0.25) is 4.79 Å². The molecule has 0 aromatic heterocycles. The first-order valence-corrected chi connectivity index (χ1v) is 26.7. The summed E-state index contributed by atoms with van der Waals surface area (Å²) in [6.45, 7) is 4.40. The number of allylic oxidation sites excluding steroid dienone is 14. The molecule has 0 aromatic rings. The fraction of sp³-hybridized carbons (Fsp3) is 0.737. The Bertz CT molecular complexity index is 1280. The predicted molar refractivity (Wildman–Crippen MR) is 274 cm³/mol. The van der Waals surface area contributed by atoms with Crippen molar-refractivity contribution >= 4 is 5.97 Å². The summed E-state index contributed by atoms with van der Waals surface area (Å²) in [6.07, 6.45) is 57.5. The van der Waals surface area contributed by atoms with Crippen LogP contribution >= 0.6 is 0 Å². The summed E-state index contributed by atoms with van der Waals surface area (Å²) in [5, 5.41) is 40.3. The SMILES string of the molecule is CC/C=C\C/C=C\C/C=C\C/C=C\C/C=C\CCCCCCCCCCOCC(COC1OC(CO)C(O)C(O)C1O)OC(=O)CCCCCCCCCCC/C=C\C/C=C\CCCCC. The fourth-order valence-electron chi connectivity index (χ4n) is 7.67. The third-order valence-corrected chi connectivity index (χ3v) is 11.8. The summed E-state index contributed by atoms with van der Waals surface area (Å²) >= 11 is 0. The lowest BCUT2D eigenvalue weighted by molar-refractivity contribution is -0.305. The molecule has 1 heterocycles. The lowest BCUT2D eigenvalue weighted by atomic mass is 9.99. The van der Waals surface area contributed by atoms with Gasteiger partial charge in [0.2, 0.25) is 0 Å². The summed E-state index contributed by atoms with van der Waals surface area (Å²) in [7, 11) is 0. The first kappa shape index (κ1) is 61.4. The topological polar surface area (TPSA) is 135 Å². The Kier molecular flexibility index (Phi) is 44.1. The normalized spacial score (nSPS) is 20.0. The van der Waals surface area contributed by atoms with Crippen molar-refractivity contribution in [1.29, 1.82) is 0 Å². The molecule has 9 heteroatoms. The number of carbonyl (C=O) groups excluding carboxylic acids is 1. The van der Waals surface area contributed by atoms with E-state index in [-0.39, 0.29) is 19.2 Å². The minimum atomic E-state index is -1.54. The Morgan fingerprint density at radius 1 is 0.500 bits per heavy atom. The molecule has 0 aliphatic carbocycles. The van der Waals surface area contributed by atoms with Crippen LogP contribution in [0.15, 0.2) is 85.1 Å². The number of hydrogen-bond acceptors (Lipinski definition) is 9. The van der Waals surface area contributed by atoms with E-state index in [1.165, 1.54) is 103 Å². The van der Waals surface area contributed by atoms with E-state index in [2.05, 4.69) is 98.9 Å². The van der Waals surface area contributed by atoms with Crippen molar-refractivity contribution in [3.63, 3.8) is 0 Å². The van der Waals surface area contributed by atoms with Gasteiger partial charge in [0.25, 0.3) is 0 Å². The molecular weight excluding hydrogens is 829 g/mol. The van der Waals surface area contributed by atoms with Crippen LogP contribution in [-0.2, 0) is 23.7 Å². The monoisotopic (exact) mass is 927 g/mol. The zero-order valence-corrected chi connectivity index (χ0v) is 41.9. The summed E-state index contributed by atoms with van der Waals surface area (Å²) in [4.78, 5) is 12.9. The maximum Gasteiger partial charge on any atom is 0.306 e. The van der Waals surface area contributed by atoms with Crippen LogP contribution in [0.25, 0.3) is 0 Å². The first-order chi connectivity index (χ1) is 32.4. The van der Waals surface area contributed by atoms with Crippen LogP contribution in [0.1, 0.15) is 206 Å². The Morgan fingerprint density at radius 2 is 0.924 bits per heavy atom. The molecule has 0 bridgehead atoms. The van der Waals surface area contributed by atoms with Crippen molar-refractivity contribution in [2.45, 2.75) is 243 Å². The van der Waals surface area contributed by atoms with Crippen molar-refractivity contribution in [3.8, 4) is 0 Å². The number of rotatable bonds is 45. The van der Waals surface area contributed by atoms with Crippen LogP contribution in [0.3, 0.4) is 0 Å². The molecule has 0 aromatic carbocycles. The smallest absolute Gasteiger partial charge is 0.306 e. The minimum Gasteiger partial charge on any atom is -0.457 e. The van der Waals surface area contributed by atoms with E-state index in [4.69, 9.17) is 18.9 Å². The van der Waals surface area contributed by atoms with Crippen LogP contribution in [0, 0.1) is 0 Å². The van der Waals surface area contributed by atoms with Crippen molar-refractivity contribution < 1.29 is 44.2 Å². The highest BCUT2D eigenvalue weighted by molar-refractivity contribution is 5.69. The number of carbonyl (C=O) groups is 1. The van der Waals surface area contributed by atoms with Gasteiger partial charge in [0, 0.05) is 13.0 Å². The van der Waals surface area contributed by atoms with Crippen molar-refractivity contribution in [2.75, 3.05) is 26.4 Å². The van der Waals surface area contributed by atoms with Crippen LogP contribution in [0.4, 0.5) is 0 Å². The third kappa shape index (κ3) is 37.4. The molecule has 0 saturated carbocycles. The Labute approximate surface area is 403 Å². The average Bonchev–Trinajstić information content (AvgIpc) is 3.32. The second kappa shape index (κ2) is 47.4. The minimum absolute atomic E-state index is 0.123. The number of aliphatic hydroxyl groups is 4. The molecule has 1 saturated heterocycles. The standard InChI is InChI=1S/C57H98O9/c1-3-5-7-9-11-13-15-17-19-21-23-24-25-26-27-29-31-33-35-37-39-41-43-45-47-63-49-51(50-64-57-56(62)55(61)54(60)52(48-58)66-57)65-53(59)46-44-42-40-38-36-34-32-30-28-22-20-18-16-14-12-10-8-6-4-2/h5,7,11-14,17-20,23-24,26-27,51-52,54-58,60-62H,3-4,6,8-10,15-16,21-22,25,28-50H2,1-2H3/b7-5-,13-11-,14-12-,19-17-,20-18-,24-23-,27-26-. The van der Waals surface area contributed by atoms with Gasteiger partial charge in [-0.05, 0) is 89.9 Å². The van der Waals surface area contributed by atoms with E-state index >= 15 is 0 Å². The summed E-state index contributed by atoms with van der Waals surface area (Å²) < 4.78 is 22.9. The number of esters is 1. The zero-order valence-electron chi connectivity index (χ0n) is 41.9. The van der Waals surface area contributed by atoms with E-state index in [1.54, 1.807) is 0 Å². The lowest BCUT2D eigenvalue weighted by Gasteiger charge is -2.39. The molecule has 4 N–H and O–H groups in total. The molecule has 380 valence electrons. The molecule has 1 rings (SSSR count). The van der Waals surface area contributed by atoms with Crippen molar-refractivity contribution in [3.05, 3.63) is 85.1 Å². The Balaban J connectivity index is 2.21. The van der Waals surface area contributed by atoms with Gasteiger partial charge < -0.3 is 39.4 Å². The molecule has 66 heavy (non-hydrogen) atoms. The second-order valence-electron chi connectivity index (χ2n) is 17.9. The van der Waals surface area contributed by atoms with E-state index in [1.807, 2.05) is 0 Å². The van der Waals surface area contributed by atoms with E-state index in [0.717, 1.165) is 83.5 Å². The number of unbranched alkanes of at least 4 members (excludes halogenated alkanes) is 20. The van der Waals surface area contributed by atoms with Gasteiger partial charge in [-0.25, -0.2) is 0 Å². The van der Waals surface area contributed by atoms with Crippen molar-refractivity contribution in [1.82, 2.24) is 0 Å². The summed E-state index contributed by atoms with van der Waals surface area (Å²) in [5.41, 5.74) is 0. The third-order valence-electron chi connectivity index (χ3n) is 11.8. The molecular formula is C57H98O9. The van der Waals surface area contributed by atoms with Gasteiger partial charge in [0.15, 0.2) is 6.29 Å². The molecule has 1 fully saturated rings. The molecule has 9 nitrogen and oxygen atoms in total. The largest absolute Gasteiger partial charge is 0.457 e. The molecule has 6 atom stereocenters. The van der Waals surface area contributed by atoms with E-state index < -0.39 is 43.4 Å². The van der Waals surface area contributed by atoms with Crippen LogP contribution in [0.2, 0.25) is 0 Å². The number of ether oxygens (including phenoxy) is 4. The van der Waals surface area contributed by atoms with Crippen LogP contribution < -0.4 is 0 Å². The van der Waals surface area contributed by atoms with Gasteiger partial charge in [-0.15, -0.1) is 0 Å². The van der Waals surface area contributed by atoms with E-state index in [9.17, 15) is 25.2 Å². The van der Waals surface area contributed by atoms with Crippen LogP contribution in [-0.4, -0.2) is 89.6 Å². The maximum atomic E-state index is 12.9. The highest BCUT2D eigenvalue weighted by Gasteiger charge is 2.44. The predicted octanol–water partition coefficient (Wildman–Crippen LogP) is 13.4. The highest BCUT2D eigenvalue weighted by Crippen LogP contribution is 2.23. The molecule has 1 aliphatic rings. The van der Waals surface area contributed by atoms with Crippen molar-refractivity contribution in [2.24, 2.45) is 0 Å². The molecule has 6 unspecified atom stereocenters. The second-order valence-corrected chi connectivity index (χ2v) is 17.9. The lowest BCUT2D eigenvalue weighted by Crippen LogP contribution is -2.59. The summed E-state index contributed by atoms with van der Waals surface area (Å²) in [6, 6.07) is 0. The Hall–Kier alpha value is -2.63. The van der Waals surface area contributed by atoms with Gasteiger partial charge in [-0.1, -0.05) is 195 Å². The van der Waals surface area contributed by atoms with Gasteiger partial charge >= 0.3 is 5.97 Å². The highest BCUT2D eigenvalue weighted by atomic mass is 16.7. The zero-order chi connectivity index (χ0) is 47.8. The van der Waals surface area contributed by atoms with Gasteiger partial charge in [0.05, 0.1) is 19.8 Å². The Morgan fingerprint density at radius 3 is 1.39 bits per heavy atom. The van der Waals surface area contributed by atoms with Crippen LogP contribution in [0.5, 0.6) is 0 Å². The number of aliphatic hydroxyl groups excluding tert-OH is 4. The molecule has 0 spiro atoms. The quantitative estimate of drug-likeness (QED) is 0.0267. The van der Waals surface area contributed by atoms with Gasteiger partial charge in [-0.2, -0.15) is 0 Å². The fourth-order valence-corrected chi connectivity index (χ4v) is 7.67. The summed E-state index contributed by atoms with van der Waals surface area (Å²) in [5.74, 6) is -0.323. The molecule has 0 radical (unpaired) electrons.